The molecule has 0 radical (unpaired) electrons. The molecule has 1 rings (SSSR count). The predicted molar refractivity (Wildman–Crippen MR) is 66.6 cm³/mol. The van der Waals surface area contributed by atoms with E-state index in [1.165, 1.54) is 4.57 Å². The van der Waals surface area contributed by atoms with Crippen LogP contribution < -0.4 is 16.6 Å². The van der Waals surface area contributed by atoms with E-state index in [1.54, 1.807) is 19.1 Å². The highest BCUT2D eigenvalue weighted by atomic mass is 16.2. The summed E-state index contributed by atoms with van der Waals surface area (Å²) in [4.78, 5) is 23.5. The van der Waals surface area contributed by atoms with Crippen LogP contribution in [0.4, 0.5) is 0 Å². The molecule has 0 spiro atoms. The quantitative estimate of drug-likeness (QED) is 0.765. The summed E-state index contributed by atoms with van der Waals surface area (Å²) in [6.45, 7) is 4.65. The van der Waals surface area contributed by atoms with Crippen LogP contribution in [0.2, 0.25) is 0 Å². The maximum Gasteiger partial charge on any atom is 0.255 e. The van der Waals surface area contributed by atoms with Gasteiger partial charge in [-0.15, -0.1) is 0 Å². The molecule has 0 fully saturated rings. The summed E-state index contributed by atoms with van der Waals surface area (Å²) in [7, 11) is 0. The number of pyridine rings is 1. The van der Waals surface area contributed by atoms with Gasteiger partial charge < -0.3 is 15.6 Å². The fourth-order valence-corrected chi connectivity index (χ4v) is 1.53. The molecule has 0 aromatic carbocycles. The monoisotopic (exact) mass is 237 g/mol. The number of nitrogens with two attached hydrogens (primary N) is 1. The molecule has 1 amide bonds. The number of hydrogen-bond donors (Lipinski definition) is 2. The van der Waals surface area contributed by atoms with Gasteiger partial charge in [0, 0.05) is 24.3 Å². The van der Waals surface area contributed by atoms with Gasteiger partial charge in [0.1, 0.15) is 6.54 Å². The van der Waals surface area contributed by atoms with Crippen molar-refractivity contribution >= 4 is 5.91 Å². The minimum Gasteiger partial charge on any atom is -0.355 e. The normalized spacial score (nSPS) is 10.3. The summed E-state index contributed by atoms with van der Waals surface area (Å²) in [6, 6.07) is 3.51. The van der Waals surface area contributed by atoms with Crippen LogP contribution in [0, 0.1) is 6.92 Å². The van der Waals surface area contributed by atoms with Crippen molar-refractivity contribution in [2.24, 2.45) is 5.73 Å². The van der Waals surface area contributed by atoms with Gasteiger partial charge in [-0.2, -0.15) is 0 Å². The van der Waals surface area contributed by atoms with E-state index in [2.05, 4.69) is 5.32 Å². The SMILES string of the molecule is CCCNC(=O)Cn1c(C)ccc(CN)c1=O. The highest BCUT2D eigenvalue weighted by molar-refractivity contribution is 5.75. The third-order valence-corrected chi connectivity index (χ3v) is 2.57. The summed E-state index contributed by atoms with van der Waals surface area (Å²) in [5.41, 5.74) is 6.57. The van der Waals surface area contributed by atoms with Crippen LogP contribution >= 0.6 is 0 Å². The molecule has 5 heteroatoms. The van der Waals surface area contributed by atoms with E-state index in [0.29, 0.717) is 12.1 Å². The molecule has 0 atom stereocenters. The Morgan fingerprint density at radius 2 is 2.18 bits per heavy atom. The molecule has 0 unspecified atom stereocenters. The van der Waals surface area contributed by atoms with Crippen LogP contribution in [0.5, 0.6) is 0 Å². The third-order valence-electron chi connectivity index (χ3n) is 2.57. The average Bonchev–Trinajstić information content (AvgIpc) is 2.32. The van der Waals surface area contributed by atoms with Gasteiger partial charge >= 0.3 is 0 Å². The van der Waals surface area contributed by atoms with Crippen molar-refractivity contribution < 1.29 is 4.79 Å². The van der Waals surface area contributed by atoms with Crippen molar-refractivity contribution in [3.05, 3.63) is 33.7 Å². The Morgan fingerprint density at radius 3 is 2.76 bits per heavy atom. The second kappa shape index (κ2) is 6.20. The molecule has 0 bridgehead atoms. The lowest BCUT2D eigenvalue weighted by Crippen LogP contribution is -2.35. The summed E-state index contributed by atoms with van der Waals surface area (Å²) >= 11 is 0. The van der Waals surface area contributed by atoms with Crippen molar-refractivity contribution in [3.63, 3.8) is 0 Å². The van der Waals surface area contributed by atoms with Crippen LogP contribution in [0.1, 0.15) is 24.6 Å². The fourth-order valence-electron chi connectivity index (χ4n) is 1.53. The minimum absolute atomic E-state index is 0.0541. The number of carbonyl (C=O) groups is 1. The number of aromatic nitrogens is 1. The first kappa shape index (κ1) is 13.4. The lowest BCUT2D eigenvalue weighted by atomic mass is 10.2. The molecule has 94 valence electrons. The molecule has 1 aromatic heterocycles. The lowest BCUT2D eigenvalue weighted by molar-refractivity contribution is -0.121. The van der Waals surface area contributed by atoms with Crippen molar-refractivity contribution in [1.82, 2.24) is 9.88 Å². The number of amides is 1. The molecule has 3 N–H and O–H groups in total. The Balaban J connectivity index is 2.90. The number of hydrogen-bond acceptors (Lipinski definition) is 3. The zero-order valence-corrected chi connectivity index (χ0v) is 10.3. The van der Waals surface area contributed by atoms with Crippen LogP contribution in [-0.2, 0) is 17.9 Å². The van der Waals surface area contributed by atoms with E-state index < -0.39 is 0 Å². The van der Waals surface area contributed by atoms with Gasteiger partial charge in [-0.25, -0.2) is 0 Å². The summed E-state index contributed by atoms with van der Waals surface area (Å²) in [6.07, 6.45) is 0.877. The second-order valence-corrected chi connectivity index (χ2v) is 3.95. The highest BCUT2D eigenvalue weighted by Crippen LogP contribution is 1.98. The van der Waals surface area contributed by atoms with Gasteiger partial charge in [-0.3, -0.25) is 9.59 Å². The van der Waals surface area contributed by atoms with Gasteiger partial charge in [0.15, 0.2) is 0 Å². The molecule has 0 saturated carbocycles. The van der Waals surface area contributed by atoms with Gasteiger partial charge in [-0.05, 0) is 19.4 Å². The molecule has 1 aromatic rings. The van der Waals surface area contributed by atoms with Gasteiger partial charge in [0.05, 0.1) is 0 Å². The number of aryl methyl sites for hydroxylation is 1. The smallest absolute Gasteiger partial charge is 0.255 e. The van der Waals surface area contributed by atoms with Crippen LogP contribution in [-0.4, -0.2) is 17.0 Å². The first-order valence-corrected chi connectivity index (χ1v) is 5.76. The number of nitrogens with zero attached hydrogens (tertiary/aromatic N) is 1. The summed E-state index contributed by atoms with van der Waals surface area (Å²) < 4.78 is 1.45. The van der Waals surface area contributed by atoms with Crippen LogP contribution in [0.25, 0.3) is 0 Å². The molecule has 1 heterocycles. The zero-order valence-electron chi connectivity index (χ0n) is 10.3. The van der Waals surface area contributed by atoms with E-state index >= 15 is 0 Å². The number of rotatable bonds is 5. The maximum absolute atomic E-state index is 11.9. The predicted octanol–water partition coefficient (Wildman–Crippen LogP) is 0.142. The Labute approximate surface area is 101 Å². The fraction of sp³-hybridized carbons (Fsp3) is 0.500. The molecule has 0 aliphatic carbocycles. The lowest BCUT2D eigenvalue weighted by Gasteiger charge is -2.11. The van der Waals surface area contributed by atoms with E-state index in [9.17, 15) is 9.59 Å². The molecule has 17 heavy (non-hydrogen) atoms. The molecular formula is C12H19N3O2. The van der Waals surface area contributed by atoms with Crippen molar-refractivity contribution in [2.75, 3.05) is 6.54 Å². The van der Waals surface area contributed by atoms with E-state index in [-0.39, 0.29) is 24.6 Å². The first-order chi connectivity index (χ1) is 8.10. The summed E-state index contributed by atoms with van der Waals surface area (Å²) in [5.74, 6) is -0.147. The molecular weight excluding hydrogens is 218 g/mol. The maximum atomic E-state index is 11.9. The van der Waals surface area contributed by atoms with Crippen LogP contribution in [0.3, 0.4) is 0 Å². The standard InChI is InChI=1S/C12H19N3O2/c1-3-6-14-11(16)8-15-9(2)4-5-10(7-13)12(15)17/h4-5H,3,6-8,13H2,1-2H3,(H,14,16). The third kappa shape index (κ3) is 3.42. The Bertz CT molecular complexity index is 452. The van der Waals surface area contributed by atoms with Crippen molar-refractivity contribution in [2.45, 2.75) is 33.4 Å². The minimum atomic E-state index is -0.181. The number of nitrogens with one attached hydrogen (secondary N) is 1. The average molecular weight is 237 g/mol. The first-order valence-electron chi connectivity index (χ1n) is 5.76. The largest absolute Gasteiger partial charge is 0.355 e. The van der Waals surface area contributed by atoms with Gasteiger partial charge in [0.2, 0.25) is 5.91 Å². The van der Waals surface area contributed by atoms with Crippen molar-refractivity contribution in [3.8, 4) is 0 Å². The molecule has 5 nitrogen and oxygen atoms in total. The second-order valence-electron chi connectivity index (χ2n) is 3.95. The Hall–Kier alpha value is -1.62. The van der Waals surface area contributed by atoms with E-state index in [4.69, 9.17) is 5.73 Å². The van der Waals surface area contributed by atoms with E-state index in [1.807, 2.05) is 6.92 Å². The Morgan fingerprint density at radius 1 is 1.47 bits per heavy atom. The highest BCUT2D eigenvalue weighted by Gasteiger charge is 2.08. The molecule has 0 aliphatic heterocycles. The van der Waals surface area contributed by atoms with Crippen LogP contribution in [0.15, 0.2) is 16.9 Å². The Kier molecular flexibility index (Phi) is 4.90. The topological polar surface area (TPSA) is 77.1 Å². The van der Waals surface area contributed by atoms with Crippen molar-refractivity contribution in [1.29, 1.82) is 0 Å². The van der Waals surface area contributed by atoms with Gasteiger partial charge in [-0.1, -0.05) is 13.0 Å². The molecule has 0 saturated heterocycles. The van der Waals surface area contributed by atoms with Gasteiger partial charge in [0.25, 0.3) is 5.56 Å². The molecule has 0 aliphatic rings. The number of carbonyl (C=O) groups excluding carboxylic acids is 1. The summed E-state index contributed by atoms with van der Waals surface area (Å²) in [5, 5.41) is 2.74. The van der Waals surface area contributed by atoms with E-state index in [0.717, 1.165) is 12.1 Å². The zero-order chi connectivity index (χ0) is 12.8.